The highest BCUT2D eigenvalue weighted by Gasteiger charge is 2.17. The Hall–Kier alpha value is -4.33. The van der Waals surface area contributed by atoms with Crippen LogP contribution in [0.3, 0.4) is 0 Å². The Kier molecular flexibility index (Phi) is 4.32. The minimum absolute atomic E-state index is 0.237. The van der Waals surface area contributed by atoms with Crippen LogP contribution < -0.4 is 10.9 Å². The van der Waals surface area contributed by atoms with Crippen molar-refractivity contribution in [1.82, 2.24) is 19.5 Å². The van der Waals surface area contributed by atoms with Crippen LogP contribution in [0.2, 0.25) is 0 Å². The predicted octanol–water partition coefficient (Wildman–Crippen LogP) is 3.70. The molecule has 0 radical (unpaired) electrons. The topological polar surface area (TPSA) is 103 Å². The van der Waals surface area contributed by atoms with Crippen LogP contribution in [0.25, 0.3) is 33.1 Å². The molecule has 0 aliphatic heterocycles. The highest BCUT2D eigenvalue weighted by atomic mass is 16.3. The average molecular weight is 411 g/mol. The first-order chi connectivity index (χ1) is 15.0. The molecule has 8 heteroatoms. The fourth-order valence-corrected chi connectivity index (χ4v) is 3.52. The molecule has 0 aliphatic rings. The molecule has 0 fully saturated rings. The standard InChI is InChI=1S/C23H17N5O3/c1-13-3-6-18(27-22(29)15-4-5-16-10-24-8-7-14(16)9-15)26-19(13)17-11-28(2)23(30)20-21(17)31-12-25-20/h3-12H,1-2H3,(H,26,27,29). The molecule has 4 aromatic heterocycles. The van der Waals surface area contributed by atoms with Crippen LogP contribution >= 0.6 is 0 Å². The third-order valence-corrected chi connectivity index (χ3v) is 5.15. The van der Waals surface area contributed by atoms with Crippen molar-refractivity contribution in [2.75, 3.05) is 5.32 Å². The van der Waals surface area contributed by atoms with Crippen LogP contribution in [0.4, 0.5) is 5.82 Å². The van der Waals surface area contributed by atoms with E-state index in [1.54, 1.807) is 37.8 Å². The second-order valence-electron chi connectivity index (χ2n) is 7.24. The van der Waals surface area contributed by atoms with Crippen LogP contribution in [-0.2, 0) is 7.05 Å². The fraction of sp³-hybridized carbons (Fsp3) is 0.0870. The second kappa shape index (κ2) is 7.17. The van der Waals surface area contributed by atoms with E-state index in [1.807, 2.05) is 31.2 Å². The number of oxazole rings is 1. The van der Waals surface area contributed by atoms with Gasteiger partial charge in [-0.05, 0) is 42.1 Å². The minimum Gasteiger partial charge on any atom is -0.442 e. The molecule has 0 saturated heterocycles. The van der Waals surface area contributed by atoms with Gasteiger partial charge in [-0.3, -0.25) is 14.6 Å². The molecule has 0 aliphatic carbocycles. The monoisotopic (exact) mass is 411 g/mol. The van der Waals surface area contributed by atoms with E-state index in [1.165, 1.54) is 11.0 Å². The van der Waals surface area contributed by atoms with Gasteiger partial charge in [-0.1, -0.05) is 12.1 Å². The first-order valence-corrected chi connectivity index (χ1v) is 9.57. The molecular formula is C23H17N5O3. The van der Waals surface area contributed by atoms with E-state index in [2.05, 4.69) is 20.3 Å². The first kappa shape index (κ1) is 18.7. The molecule has 1 amide bonds. The zero-order valence-corrected chi connectivity index (χ0v) is 16.8. The lowest BCUT2D eigenvalue weighted by Gasteiger charge is -2.11. The van der Waals surface area contributed by atoms with Gasteiger partial charge < -0.3 is 14.3 Å². The zero-order chi connectivity index (χ0) is 21.5. The normalized spacial score (nSPS) is 11.2. The summed E-state index contributed by atoms with van der Waals surface area (Å²) >= 11 is 0. The van der Waals surface area contributed by atoms with Gasteiger partial charge in [0, 0.05) is 36.6 Å². The number of nitrogens with zero attached hydrogens (tertiary/aromatic N) is 4. The predicted molar refractivity (Wildman–Crippen MR) is 117 cm³/mol. The molecule has 0 bridgehead atoms. The number of hydrogen-bond donors (Lipinski definition) is 1. The van der Waals surface area contributed by atoms with Crippen molar-refractivity contribution in [1.29, 1.82) is 0 Å². The van der Waals surface area contributed by atoms with E-state index < -0.39 is 0 Å². The van der Waals surface area contributed by atoms with Gasteiger partial charge in [0.25, 0.3) is 11.5 Å². The number of rotatable bonds is 3. The van der Waals surface area contributed by atoms with Crippen molar-refractivity contribution in [3.05, 3.63) is 82.9 Å². The smallest absolute Gasteiger partial charge is 0.280 e. The summed E-state index contributed by atoms with van der Waals surface area (Å²) in [5.41, 5.74) is 2.96. The summed E-state index contributed by atoms with van der Waals surface area (Å²) in [5.74, 6) is 0.119. The fourth-order valence-electron chi connectivity index (χ4n) is 3.52. The number of benzene rings is 1. The summed E-state index contributed by atoms with van der Waals surface area (Å²) in [4.78, 5) is 37.8. The van der Waals surface area contributed by atoms with Gasteiger partial charge in [-0.25, -0.2) is 9.97 Å². The van der Waals surface area contributed by atoms with Gasteiger partial charge in [-0.2, -0.15) is 0 Å². The molecule has 0 unspecified atom stereocenters. The number of aryl methyl sites for hydroxylation is 2. The summed E-state index contributed by atoms with van der Waals surface area (Å²) < 4.78 is 6.91. The molecule has 0 spiro atoms. The summed E-state index contributed by atoms with van der Waals surface area (Å²) in [6.45, 7) is 1.90. The third kappa shape index (κ3) is 3.24. The van der Waals surface area contributed by atoms with Crippen molar-refractivity contribution in [3.8, 4) is 11.3 Å². The van der Waals surface area contributed by atoms with Gasteiger partial charge in [0.15, 0.2) is 17.5 Å². The summed E-state index contributed by atoms with van der Waals surface area (Å²) in [7, 11) is 1.65. The summed E-state index contributed by atoms with van der Waals surface area (Å²) in [6, 6.07) is 10.9. The Morgan fingerprint density at radius 2 is 2.00 bits per heavy atom. The van der Waals surface area contributed by atoms with Gasteiger partial charge in [0.2, 0.25) is 0 Å². The quantitative estimate of drug-likeness (QED) is 0.486. The molecule has 0 saturated carbocycles. The molecule has 1 aromatic carbocycles. The molecule has 152 valence electrons. The van der Waals surface area contributed by atoms with Crippen molar-refractivity contribution < 1.29 is 9.21 Å². The molecule has 4 heterocycles. The number of fused-ring (bicyclic) bond motifs is 2. The molecule has 31 heavy (non-hydrogen) atoms. The van der Waals surface area contributed by atoms with Gasteiger partial charge in [-0.15, -0.1) is 0 Å². The number of nitrogens with one attached hydrogen (secondary N) is 1. The zero-order valence-electron chi connectivity index (χ0n) is 16.8. The van der Waals surface area contributed by atoms with Crippen molar-refractivity contribution in [3.63, 3.8) is 0 Å². The maximum atomic E-state index is 12.8. The molecule has 5 aromatic rings. The van der Waals surface area contributed by atoms with E-state index in [4.69, 9.17) is 4.42 Å². The Morgan fingerprint density at radius 3 is 2.87 bits per heavy atom. The molecule has 0 atom stereocenters. The second-order valence-corrected chi connectivity index (χ2v) is 7.24. The Balaban J connectivity index is 1.53. The number of amides is 1. The van der Waals surface area contributed by atoms with Crippen LogP contribution in [-0.4, -0.2) is 25.4 Å². The lowest BCUT2D eigenvalue weighted by atomic mass is 10.1. The maximum absolute atomic E-state index is 12.8. The number of hydrogen-bond acceptors (Lipinski definition) is 6. The van der Waals surface area contributed by atoms with Crippen LogP contribution in [0.15, 0.2) is 70.6 Å². The van der Waals surface area contributed by atoms with E-state index >= 15 is 0 Å². The van der Waals surface area contributed by atoms with E-state index in [0.29, 0.717) is 28.2 Å². The van der Waals surface area contributed by atoms with Crippen LogP contribution in [0, 0.1) is 6.92 Å². The minimum atomic E-state index is -0.272. The first-order valence-electron chi connectivity index (χ1n) is 9.57. The Bertz CT molecular complexity index is 1530. The number of carbonyl (C=O) groups excluding carboxylic acids is 1. The number of aromatic nitrogens is 4. The lowest BCUT2D eigenvalue weighted by molar-refractivity contribution is 0.102. The molecule has 1 N–H and O–H groups in total. The van der Waals surface area contributed by atoms with E-state index in [9.17, 15) is 9.59 Å². The highest BCUT2D eigenvalue weighted by Crippen LogP contribution is 2.28. The average Bonchev–Trinajstić information content (AvgIpc) is 3.27. The van der Waals surface area contributed by atoms with Crippen molar-refractivity contribution >= 4 is 33.6 Å². The third-order valence-electron chi connectivity index (χ3n) is 5.15. The van der Waals surface area contributed by atoms with Gasteiger partial charge >= 0.3 is 0 Å². The number of carbonyl (C=O) groups is 1. The highest BCUT2D eigenvalue weighted by molar-refractivity contribution is 6.06. The maximum Gasteiger partial charge on any atom is 0.280 e. The van der Waals surface area contributed by atoms with Crippen molar-refractivity contribution in [2.45, 2.75) is 6.92 Å². The Morgan fingerprint density at radius 1 is 1.13 bits per heavy atom. The summed E-state index contributed by atoms with van der Waals surface area (Å²) in [5, 5.41) is 4.74. The van der Waals surface area contributed by atoms with Crippen molar-refractivity contribution in [2.24, 2.45) is 7.05 Å². The van der Waals surface area contributed by atoms with E-state index in [-0.39, 0.29) is 17.0 Å². The Labute approximate surface area is 176 Å². The van der Waals surface area contributed by atoms with Crippen LogP contribution in [0.5, 0.6) is 0 Å². The molecule has 5 rings (SSSR count). The number of pyridine rings is 3. The number of anilines is 1. The lowest BCUT2D eigenvalue weighted by Crippen LogP contribution is -2.17. The largest absolute Gasteiger partial charge is 0.442 e. The SMILES string of the molecule is Cc1ccc(NC(=O)c2ccc3cnccc3c2)nc1-c1cn(C)c(=O)c2ncoc12. The van der Waals surface area contributed by atoms with E-state index in [0.717, 1.165) is 16.3 Å². The van der Waals surface area contributed by atoms with Gasteiger partial charge in [0.05, 0.1) is 11.3 Å². The van der Waals surface area contributed by atoms with Gasteiger partial charge in [0.1, 0.15) is 5.82 Å². The molecular weight excluding hydrogens is 394 g/mol. The van der Waals surface area contributed by atoms with Crippen LogP contribution in [0.1, 0.15) is 15.9 Å². The molecule has 8 nitrogen and oxygen atoms in total. The summed E-state index contributed by atoms with van der Waals surface area (Å²) in [6.07, 6.45) is 6.34.